The van der Waals surface area contributed by atoms with E-state index in [1.807, 2.05) is 60.7 Å². The fraction of sp³-hybridized carbons (Fsp3) is 0.529. The number of carbonyl (C=O) groups is 4. The zero-order chi connectivity index (χ0) is 30.1. The minimum atomic E-state index is -0.754. The van der Waals surface area contributed by atoms with Crippen LogP contribution in [0, 0.1) is 11.8 Å². The summed E-state index contributed by atoms with van der Waals surface area (Å²) >= 11 is 0. The Bertz CT molecular complexity index is 1160. The first-order chi connectivity index (χ1) is 20.3. The lowest BCUT2D eigenvalue weighted by Gasteiger charge is -2.35. The number of carbonyl (C=O) groups excluding carboxylic acids is 4. The molecule has 4 rings (SSSR count). The highest BCUT2D eigenvalue weighted by atomic mass is 16.5. The number of nitrogens with one attached hydrogen (secondary N) is 2. The summed E-state index contributed by atoms with van der Waals surface area (Å²) in [5.41, 5.74) is 1.84. The zero-order valence-corrected chi connectivity index (χ0v) is 25.1. The van der Waals surface area contributed by atoms with E-state index in [-0.39, 0.29) is 35.9 Å². The van der Waals surface area contributed by atoms with Gasteiger partial charge in [0, 0.05) is 18.9 Å². The number of nitrogens with zero attached hydrogens (tertiary/aromatic N) is 1. The molecule has 4 atom stereocenters. The second kappa shape index (κ2) is 15.1. The van der Waals surface area contributed by atoms with Crippen molar-refractivity contribution >= 4 is 23.6 Å². The van der Waals surface area contributed by atoms with E-state index in [0.717, 1.165) is 43.2 Å². The van der Waals surface area contributed by atoms with E-state index in [2.05, 4.69) is 10.6 Å². The van der Waals surface area contributed by atoms with Gasteiger partial charge in [0.05, 0.1) is 25.1 Å². The summed E-state index contributed by atoms with van der Waals surface area (Å²) in [5, 5.41) is 5.97. The number of rotatable bonds is 12. The normalized spacial score (nSPS) is 19.6. The van der Waals surface area contributed by atoms with E-state index >= 15 is 0 Å². The van der Waals surface area contributed by atoms with Crippen LogP contribution in [0.25, 0.3) is 0 Å². The molecule has 2 fully saturated rings. The first-order valence-electron chi connectivity index (χ1n) is 15.3. The number of benzene rings is 2. The van der Waals surface area contributed by atoms with Gasteiger partial charge in [0.25, 0.3) is 0 Å². The van der Waals surface area contributed by atoms with Gasteiger partial charge < -0.3 is 20.3 Å². The second-order valence-corrected chi connectivity index (χ2v) is 11.7. The first-order valence-corrected chi connectivity index (χ1v) is 15.3. The van der Waals surface area contributed by atoms with E-state index < -0.39 is 30.0 Å². The third-order valence-electron chi connectivity index (χ3n) is 9.06. The van der Waals surface area contributed by atoms with Crippen molar-refractivity contribution in [3.8, 4) is 0 Å². The number of likely N-dealkylation sites (tertiary alicyclic amines) is 1. The average Bonchev–Trinajstić information content (AvgIpc) is 3.54. The first kappa shape index (κ1) is 31.4. The molecule has 42 heavy (non-hydrogen) atoms. The van der Waals surface area contributed by atoms with Crippen LogP contribution in [0.15, 0.2) is 60.7 Å². The maximum Gasteiger partial charge on any atom is 0.310 e. The molecular weight excluding hydrogens is 530 g/mol. The summed E-state index contributed by atoms with van der Waals surface area (Å²) in [4.78, 5) is 56.0. The third kappa shape index (κ3) is 7.46. The lowest BCUT2D eigenvalue weighted by molar-refractivity contribution is -0.149. The Kier molecular flexibility index (Phi) is 11.3. The Morgan fingerprint density at radius 3 is 2.02 bits per heavy atom. The van der Waals surface area contributed by atoms with Gasteiger partial charge in [-0.05, 0) is 56.7 Å². The van der Waals surface area contributed by atoms with Crippen LogP contribution in [0.4, 0.5) is 0 Å². The zero-order valence-electron chi connectivity index (χ0n) is 25.1. The molecule has 0 bridgehead atoms. The predicted molar refractivity (Wildman–Crippen MR) is 162 cm³/mol. The van der Waals surface area contributed by atoms with Crippen LogP contribution < -0.4 is 10.6 Å². The van der Waals surface area contributed by atoms with Crippen molar-refractivity contribution in [2.45, 2.75) is 82.3 Å². The highest BCUT2D eigenvalue weighted by Crippen LogP contribution is 2.37. The fourth-order valence-electron chi connectivity index (χ4n) is 6.62. The Hall–Kier alpha value is -3.52. The van der Waals surface area contributed by atoms with Gasteiger partial charge in [-0.1, -0.05) is 79.9 Å². The van der Waals surface area contributed by atoms with Crippen LogP contribution >= 0.6 is 0 Å². The molecule has 1 saturated heterocycles. The molecule has 226 valence electrons. The van der Waals surface area contributed by atoms with Crippen LogP contribution in [-0.2, 0) is 23.9 Å². The SMILES string of the molecule is CN[C@@H](C)C(=O)N[C@H](C(=O)N1CCC[C@H]1C(=O)C[C@H](C(=O)OC)C(c1ccccc1)c1ccccc1)C1CCCCC1. The molecule has 0 radical (unpaired) electrons. The summed E-state index contributed by atoms with van der Waals surface area (Å²) in [6.07, 6.45) is 6.11. The number of esters is 1. The van der Waals surface area contributed by atoms with E-state index in [4.69, 9.17) is 4.74 Å². The van der Waals surface area contributed by atoms with Gasteiger partial charge in [-0.15, -0.1) is 0 Å². The van der Waals surface area contributed by atoms with Gasteiger partial charge in [-0.25, -0.2) is 0 Å². The Morgan fingerprint density at radius 1 is 0.881 bits per heavy atom. The number of methoxy groups -OCH3 is 1. The highest BCUT2D eigenvalue weighted by Gasteiger charge is 2.43. The quantitative estimate of drug-likeness (QED) is 0.367. The predicted octanol–water partition coefficient (Wildman–Crippen LogP) is 4.23. The van der Waals surface area contributed by atoms with Gasteiger partial charge in [0.15, 0.2) is 5.78 Å². The molecule has 2 aromatic rings. The molecule has 8 nitrogen and oxygen atoms in total. The van der Waals surface area contributed by atoms with Crippen molar-refractivity contribution in [1.82, 2.24) is 15.5 Å². The third-order valence-corrected chi connectivity index (χ3v) is 9.06. The van der Waals surface area contributed by atoms with Crippen LogP contribution in [0.5, 0.6) is 0 Å². The standard InChI is InChI=1S/C34H45N3O5/c1-23(35-2)32(39)36-31(26-18-11-6-12-19-26)33(40)37-21-13-20-28(37)29(38)22-27(34(41)42-3)30(24-14-7-4-8-15-24)25-16-9-5-10-17-25/h4-5,7-10,14-17,23,26-28,30-31,35H,6,11-13,18-22H2,1-3H3,(H,36,39)/t23-,27-,28-,31-/m0/s1. The van der Waals surface area contributed by atoms with Crippen molar-refractivity contribution in [3.63, 3.8) is 0 Å². The number of amides is 2. The minimum absolute atomic E-state index is 0.0407. The largest absolute Gasteiger partial charge is 0.469 e. The monoisotopic (exact) mass is 575 g/mol. The summed E-state index contributed by atoms with van der Waals surface area (Å²) in [6.45, 7) is 2.22. The minimum Gasteiger partial charge on any atom is -0.469 e. The van der Waals surface area contributed by atoms with Gasteiger partial charge in [-0.3, -0.25) is 19.2 Å². The number of ketones is 1. The summed E-state index contributed by atoms with van der Waals surface area (Å²) in [6, 6.07) is 17.7. The average molecular weight is 576 g/mol. The van der Waals surface area contributed by atoms with Crippen molar-refractivity contribution in [1.29, 1.82) is 0 Å². The molecule has 2 amide bonds. The number of Topliss-reactive ketones (excluding diaryl/α,β-unsaturated/α-hetero) is 1. The van der Waals surface area contributed by atoms with Crippen molar-refractivity contribution in [2.75, 3.05) is 20.7 Å². The summed E-state index contributed by atoms with van der Waals surface area (Å²) < 4.78 is 5.24. The molecule has 0 spiro atoms. The topological polar surface area (TPSA) is 105 Å². The Labute approximate surface area is 249 Å². The Morgan fingerprint density at radius 2 is 1.48 bits per heavy atom. The number of likely N-dealkylation sites (N-methyl/N-ethyl adjacent to an activating group) is 1. The summed E-state index contributed by atoms with van der Waals surface area (Å²) in [7, 11) is 3.06. The van der Waals surface area contributed by atoms with Crippen LogP contribution in [-0.4, -0.2) is 67.3 Å². The molecule has 2 N–H and O–H groups in total. The van der Waals surface area contributed by atoms with Gasteiger partial charge in [-0.2, -0.15) is 0 Å². The molecule has 0 unspecified atom stereocenters. The fourth-order valence-corrected chi connectivity index (χ4v) is 6.62. The van der Waals surface area contributed by atoms with E-state index in [1.54, 1.807) is 18.9 Å². The molecule has 1 heterocycles. The number of hydrogen-bond acceptors (Lipinski definition) is 6. The molecular formula is C34H45N3O5. The van der Waals surface area contributed by atoms with Crippen molar-refractivity contribution < 1.29 is 23.9 Å². The van der Waals surface area contributed by atoms with Crippen LogP contribution in [0.1, 0.15) is 75.3 Å². The smallest absolute Gasteiger partial charge is 0.310 e. The highest BCUT2D eigenvalue weighted by molar-refractivity contribution is 5.95. The lowest BCUT2D eigenvalue weighted by atomic mass is 9.77. The number of hydrogen-bond donors (Lipinski definition) is 2. The maximum atomic E-state index is 14.1. The van der Waals surface area contributed by atoms with Gasteiger partial charge in [0.2, 0.25) is 11.8 Å². The molecule has 1 aliphatic heterocycles. The van der Waals surface area contributed by atoms with Crippen molar-refractivity contribution in [2.24, 2.45) is 11.8 Å². The van der Waals surface area contributed by atoms with Crippen LogP contribution in [0.2, 0.25) is 0 Å². The van der Waals surface area contributed by atoms with E-state index in [1.165, 1.54) is 7.11 Å². The maximum absolute atomic E-state index is 14.1. The molecule has 0 aromatic heterocycles. The van der Waals surface area contributed by atoms with Crippen LogP contribution in [0.3, 0.4) is 0 Å². The molecule has 2 aromatic carbocycles. The Balaban J connectivity index is 1.59. The van der Waals surface area contributed by atoms with E-state index in [9.17, 15) is 19.2 Å². The molecule has 1 aliphatic carbocycles. The summed E-state index contributed by atoms with van der Waals surface area (Å²) in [5.74, 6) is -2.11. The second-order valence-electron chi connectivity index (χ2n) is 11.7. The van der Waals surface area contributed by atoms with E-state index in [0.29, 0.717) is 19.4 Å². The number of ether oxygens (including phenoxy) is 1. The van der Waals surface area contributed by atoms with Gasteiger partial charge >= 0.3 is 5.97 Å². The molecule has 1 saturated carbocycles. The molecule has 2 aliphatic rings. The molecule has 8 heteroatoms. The van der Waals surface area contributed by atoms with Crippen molar-refractivity contribution in [3.05, 3.63) is 71.8 Å². The lowest BCUT2D eigenvalue weighted by Crippen LogP contribution is -2.57. The van der Waals surface area contributed by atoms with Gasteiger partial charge in [0.1, 0.15) is 6.04 Å².